The van der Waals surface area contributed by atoms with Gasteiger partial charge in [-0.3, -0.25) is 0 Å². The highest BCUT2D eigenvalue weighted by atomic mass is 79.9. The van der Waals surface area contributed by atoms with E-state index >= 15 is 0 Å². The maximum atomic E-state index is 15.0. The summed E-state index contributed by atoms with van der Waals surface area (Å²) in [6.45, 7) is 7.60. The van der Waals surface area contributed by atoms with Crippen LogP contribution in [0.15, 0.2) is 127 Å². The zero-order valence-electron chi connectivity index (χ0n) is 69.3. The van der Waals surface area contributed by atoms with Crippen molar-refractivity contribution in [2.75, 3.05) is 145 Å². The van der Waals surface area contributed by atoms with Crippen LogP contribution in [-0.2, 0) is 29.1 Å². The molecule has 6 heterocycles. The lowest BCUT2D eigenvalue weighted by atomic mass is 10.0. The molecule has 9 aromatic rings. The normalized spacial score (nSPS) is 17.2. The monoisotopic (exact) mass is 1790 g/mol. The Hall–Kier alpha value is -11.3. The van der Waals surface area contributed by atoms with Crippen molar-refractivity contribution in [3.63, 3.8) is 0 Å². The van der Waals surface area contributed by atoms with Gasteiger partial charge in [-0.05, 0) is 185 Å². The number of benzene rings is 6. The highest BCUT2D eigenvalue weighted by molar-refractivity contribution is 9.09. The van der Waals surface area contributed by atoms with Crippen LogP contribution in [0.3, 0.4) is 0 Å². The smallest absolute Gasteiger partial charge is 0.406 e. The molecule has 0 saturated carbocycles. The minimum Gasteiger partial charge on any atom is -0.495 e. The van der Waals surface area contributed by atoms with E-state index in [0.29, 0.717) is 134 Å². The number of fused-ring (bicyclic) bond motifs is 3. The first kappa shape index (κ1) is 95.6. The topological polar surface area (TPSA) is 223 Å². The van der Waals surface area contributed by atoms with Crippen LogP contribution in [0.1, 0.15) is 107 Å². The number of hydrogen-bond acceptors (Lipinski definition) is 17. The summed E-state index contributed by atoms with van der Waals surface area (Å²) in [5, 5.41) is 33.7. The lowest BCUT2D eigenvalue weighted by molar-refractivity contribution is -0.140. The number of likely N-dealkylation sites (tertiary alicyclic amines) is 2. The Balaban J connectivity index is 0.000000205. The number of aromatic carboxylic acids is 1. The second-order valence-electron chi connectivity index (χ2n) is 29.1. The Morgan fingerprint density at radius 3 is 1.09 bits per heavy atom. The molecule has 12 rings (SSSR count). The molecule has 3 aliphatic heterocycles. The number of carbonyl (C=O) groups excluding carboxylic acids is 2. The van der Waals surface area contributed by atoms with Crippen molar-refractivity contribution in [2.45, 2.75) is 134 Å². The van der Waals surface area contributed by atoms with E-state index in [1.807, 2.05) is 0 Å². The Bertz CT molecular complexity index is 5250. The van der Waals surface area contributed by atoms with Crippen LogP contribution in [0.5, 0.6) is 17.2 Å². The summed E-state index contributed by atoms with van der Waals surface area (Å²) in [5.41, 5.74) is 5.62. The number of carboxylic acids is 1. The van der Waals surface area contributed by atoms with Gasteiger partial charge in [-0.2, -0.15) is 39.5 Å². The van der Waals surface area contributed by atoms with Gasteiger partial charge in [0.05, 0.1) is 141 Å². The minimum absolute atomic E-state index is 0.0557. The Kier molecular flexibility index (Phi) is 35.1. The van der Waals surface area contributed by atoms with Gasteiger partial charge in [-0.15, -0.1) is 0 Å². The van der Waals surface area contributed by atoms with Gasteiger partial charge >= 0.3 is 36.4 Å². The first-order chi connectivity index (χ1) is 58.8. The lowest BCUT2D eigenvalue weighted by Gasteiger charge is -2.35. The molecular weight excluding hydrogens is 1690 g/mol. The Labute approximate surface area is 714 Å². The molecule has 3 saturated heterocycles. The molecule has 662 valence electrons. The summed E-state index contributed by atoms with van der Waals surface area (Å²) in [6.07, 6.45) is -11.8. The SMILES string of the molecule is CCCBr.CCCN1CC[C@@H](Nc2cccc3c2cc(C#CCNc2ccc(C(=O)O)cc2OC)n3CC(F)(F)F)[C@@H](F)C1.CCCN1CC[C@@H](Nc2cccc3c2cc(C#CCNc2ccc(C(=O)OC)cc2OC)n3CC(F)(F)F)[C@@H](F)C1.COC(=O)c1ccc(NCC#Cc2cc3c(N[C@@H]4CCNC[C@@H]4F)cccc3n2CC(F)(F)F)c(OC)c1. The van der Waals surface area contributed by atoms with E-state index in [2.05, 4.69) is 119 Å². The van der Waals surface area contributed by atoms with Crippen LogP contribution in [-0.4, -0.2) is 215 Å². The number of esters is 2. The fourth-order valence-electron chi connectivity index (χ4n) is 14.4. The number of ether oxygens (including phenoxy) is 5. The highest BCUT2D eigenvalue weighted by Gasteiger charge is 2.36. The van der Waals surface area contributed by atoms with Crippen LogP contribution in [0.4, 0.5) is 86.8 Å². The van der Waals surface area contributed by atoms with Gasteiger partial charge in [0, 0.05) is 71.3 Å². The van der Waals surface area contributed by atoms with Crippen molar-refractivity contribution in [1.82, 2.24) is 28.8 Å². The number of methoxy groups -OCH3 is 5. The van der Waals surface area contributed by atoms with Gasteiger partial charge in [-0.25, -0.2) is 27.6 Å². The molecule has 3 aliphatic rings. The number of aromatic nitrogens is 3. The third-order valence-electron chi connectivity index (χ3n) is 20.2. The lowest BCUT2D eigenvalue weighted by Crippen LogP contribution is -2.47. The third-order valence-corrected chi connectivity index (χ3v) is 21.0. The van der Waals surface area contributed by atoms with Crippen LogP contribution in [0.2, 0.25) is 0 Å². The third kappa shape index (κ3) is 27.1. The molecule has 3 aromatic heterocycles. The number of nitrogens with one attached hydrogen (secondary N) is 7. The van der Waals surface area contributed by atoms with Crippen molar-refractivity contribution in [3.8, 4) is 52.8 Å². The number of piperidine rings is 3. The van der Waals surface area contributed by atoms with Gasteiger partial charge in [0.2, 0.25) is 0 Å². The fourth-order valence-corrected chi connectivity index (χ4v) is 14.4. The van der Waals surface area contributed by atoms with E-state index in [0.717, 1.165) is 58.1 Å². The number of rotatable bonds is 26. The van der Waals surface area contributed by atoms with Crippen molar-refractivity contribution in [3.05, 3.63) is 161 Å². The maximum Gasteiger partial charge on any atom is 0.406 e. The molecule has 8 N–H and O–H groups in total. The van der Waals surface area contributed by atoms with Gasteiger partial charge in [0.15, 0.2) is 0 Å². The van der Waals surface area contributed by atoms with E-state index in [1.165, 1.54) is 72.3 Å². The summed E-state index contributed by atoms with van der Waals surface area (Å²) in [7, 11) is 6.86. The van der Waals surface area contributed by atoms with Crippen molar-refractivity contribution >= 4 is 101 Å². The summed E-state index contributed by atoms with van der Waals surface area (Å²) in [6, 6.07) is 32.2. The average molecular weight is 1790 g/mol. The fraction of sp³-hybridized carbons (Fsp3) is 0.427. The van der Waals surface area contributed by atoms with Crippen molar-refractivity contribution in [1.29, 1.82) is 0 Å². The molecule has 0 aliphatic carbocycles. The van der Waals surface area contributed by atoms with Gasteiger partial charge in [0.25, 0.3) is 0 Å². The maximum absolute atomic E-state index is 15.0. The molecule has 0 bridgehead atoms. The number of carbonyl (C=O) groups is 3. The van der Waals surface area contributed by atoms with E-state index in [1.54, 1.807) is 97.1 Å². The second-order valence-corrected chi connectivity index (χ2v) is 29.9. The molecule has 21 nitrogen and oxygen atoms in total. The first-order valence-corrected chi connectivity index (χ1v) is 41.1. The van der Waals surface area contributed by atoms with Crippen LogP contribution in [0.25, 0.3) is 32.7 Å². The molecule has 123 heavy (non-hydrogen) atoms. The molecular formula is C89H101BrF12N12O9. The zero-order chi connectivity index (χ0) is 89.1. The molecule has 6 aromatic carbocycles. The Morgan fingerprint density at radius 1 is 0.463 bits per heavy atom. The molecule has 0 unspecified atom stereocenters. The minimum atomic E-state index is -4.47. The second kappa shape index (κ2) is 45.2. The van der Waals surface area contributed by atoms with Crippen LogP contribution >= 0.6 is 15.9 Å². The van der Waals surface area contributed by atoms with E-state index in [4.69, 9.17) is 28.8 Å². The van der Waals surface area contributed by atoms with E-state index in [9.17, 15) is 67.1 Å². The predicted octanol–water partition coefficient (Wildman–Crippen LogP) is 17.7. The van der Waals surface area contributed by atoms with Crippen LogP contribution in [0, 0.1) is 35.5 Å². The molecule has 6 atom stereocenters. The zero-order valence-corrected chi connectivity index (χ0v) is 70.9. The number of hydrogen-bond donors (Lipinski definition) is 8. The summed E-state index contributed by atoms with van der Waals surface area (Å²) in [5.74, 6) is 16.1. The summed E-state index contributed by atoms with van der Waals surface area (Å²) in [4.78, 5) is 38.9. The Morgan fingerprint density at radius 2 is 0.797 bits per heavy atom. The molecule has 0 radical (unpaired) electrons. The number of anilines is 6. The molecule has 34 heteroatoms. The largest absolute Gasteiger partial charge is 0.495 e. The molecule has 0 amide bonds. The van der Waals surface area contributed by atoms with Gasteiger partial charge in [-0.1, -0.05) is 72.7 Å². The number of carboxylic acid groups (broad SMARTS) is 1. The first-order valence-electron chi connectivity index (χ1n) is 40.0. The van der Waals surface area contributed by atoms with Gasteiger partial charge in [0.1, 0.15) is 55.4 Å². The van der Waals surface area contributed by atoms with Gasteiger partial charge < -0.3 is 89.5 Å². The number of halogens is 13. The average Bonchev–Trinajstić information content (AvgIpc) is 1.64. The number of alkyl halides is 13. The summed E-state index contributed by atoms with van der Waals surface area (Å²) >= 11 is 3.25. The van der Waals surface area contributed by atoms with E-state index in [-0.39, 0.29) is 48.8 Å². The number of nitrogens with zero attached hydrogens (tertiary/aromatic N) is 5. The molecule has 3 fully saturated rings. The van der Waals surface area contributed by atoms with E-state index < -0.39 is 92.7 Å². The molecule has 0 spiro atoms. The summed E-state index contributed by atoms with van der Waals surface area (Å²) < 4.78 is 195. The standard InChI is InChI=1S/C30H34F4N4O3.C29H32F4N4O3.C27H28F4N4O3.C3H7Br/c1-4-14-37-15-12-25(23(31)18-37)36-24-8-5-9-27-22(24)17-21(38(27)19-30(32,33)34)7-6-13-35-26-11-10-20(29(39)41-3)16-28(26)40-2;1-3-13-36-14-11-24(22(30)17-36)35-23-7-4-8-26-21(23)16-20(37(26)18-29(31,32)33)6-5-12-34-25-10-9-19(28(38)39)15-27(25)40-2;1-37-25-13-17(26(36)38-2)8-9-23(25)33-11-4-5-18-14-19-21(34-22-10-12-32-15-20(22)28)6-3-7-24(19)35(18)16-27(29,30)31;1-2-3-4/h5,8-11,16-17,23,25,35-36H,4,12-15,18-19H2,1-3H3;4,7-10,15-16,22,24,34-35H,3,11-14,17-18H2,1-2H3,(H,38,39);3,6-9,13-14,20,22,32-34H,10-12,15-16H2,1-2H3;2-3H2,1H3/t23-,25+;22-,24+;20-,22+;/m000./s1. The van der Waals surface area contributed by atoms with Crippen molar-refractivity contribution in [2.24, 2.45) is 0 Å². The highest BCUT2D eigenvalue weighted by Crippen LogP contribution is 2.37. The van der Waals surface area contributed by atoms with Crippen LogP contribution < -0.4 is 51.4 Å². The van der Waals surface area contributed by atoms with Crippen molar-refractivity contribution < 1.29 is 95.9 Å². The predicted molar refractivity (Wildman–Crippen MR) is 460 cm³/mol. The quantitative estimate of drug-likeness (QED) is 0.0109.